The highest BCUT2D eigenvalue weighted by molar-refractivity contribution is 6.13. The Bertz CT molecular complexity index is 3690. The number of nitriles is 1. The first kappa shape index (κ1) is 36.9. The molecule has 0 N–H and O–H groups in total. The van der Waals surface area contributed by atoms with Gasteiger partial charge in [0.2, 0.25) is 5.69 Å². The van der Waals surface area contributed by atoms with E-state index in [0.717, 1.165) is 83.2 Å². The second kappa shape index (κ2) is 15.1. The van der Waals surface area contributed by atoms with Crippen molar-refractivity contribution >= 4 is 72.0 Å². The number of fused-ring (bicyclic) bond motifs is 6. The third-order valence-electron chi connectivity index (χ3n) is 12.0. The van der Waals surface area contributed by atoms with Crippen molar-refractivity contribution in [1.82, 2.24) is 9.13 Å². The topological polar surface area (TPSA) is 45.6 Å². The summed E-state index contributed by atoms with van der Waals surface area (Å²) >= 11 is 0. The number of anilines is 3. The summed E-state index contributed by atoms with van der Waals surface area (Å²) in [5.74, 6) is 0. The Kier molecular flexibility index (Phi) is 8.87. The molecule has 0 saturated heterocycles. The van der Waals surface area contributed by atoms with Gasteiger partial charge in [0.05, 0.1) is 47.0 Å². The van der Waals surface area contributed by atoms with Crippen LogP contribution in [0.15, 0.2) is 206 Å². The maximum absolute atomic E-state index is 9.62. The summed E-state index contributed by atoms with van der Waals surface area (Å²) in [4.78, 5) is 9.79. The molecule has 0 fully saturated rings. The van der Waals surface area contributed by atoms with Crippen molar-refractivity contribution in [3.63, 3.8) is 0 Å². The molecule has 6 heteroatoms. The van der Waals surface area contributed by atoms with Crippen LogP contribution in [-0.4, -0.2) is 9.13 Å². The molecule has 0 atom stereocenters. The molecule has 0 radical (unpaired) electrons. The zero-order valence-corrected chi connectivity index (χ0v) is 33.8. The normalized spacial score (nSPS) is 11.1. The quantitative estimate of drug-likeness (QED) is 0.151. The van der Waals surface area contributed by atoms with Gasteiger partial charge in [0.1, 0.15) is 0 Å². The minimum atomic E-state index is 0.423. The molecule has 0 aliphatic carbocycles. The van der Waals surface area contributed by atoms with Crippen molar-refractivity contribution in [3.8, 4) is 39.7 Å². The lowest BCUT2D eigenvalue weighted by molar-refractivity contribution is 1.18. The highest BCUT2D eigenvalue weighted by atomic mass is 15.1. The standard InChI is InChI=1S/C57H34N6/c1-59-43-23-27-45(28-24-43)62-53-14-8-6-12-48(53)50-35-46(29-32-55(50)62)61(44-25-21-42(22-26-44)41-19-17-40(18-20-41)39-10-4-3-5-11-39)47-30-33-56-51(36-47)49-13-7-9-15-54(49)63(56)57-31-16-38(37-58)34-52(57)60-2/h3-36H. The Morgan fingerprint density at radius 1 is 0.413 bits per heavy atom. The molecule has 0 unspecified atom stereocenters. The number of hydrogen-bond acceptors (Lipinski definition) is 2. The highest BCUT2D eigenvalue weighted by Gasteiger charge is 2.21. The van der Waals surface area contributed by atoms with Crippen molar-refractivity contribution < 1.29 is 0 Å². The monoisotopic (exact) mass is 802 g/mol. The van der Waals surface area contributed by atoms with E-state index < -0.39 is 0 Å². The molecule has 0 bridgehead atoms. The van der Waals surface area contributed by atoms with E-state index in [2.05, 4.69) is 181 Å². The van der Waals surface area contributed by atoms with Crippen molar-refractivity contribution in [2.24, 2.45) is 0 Å². The average Bonchev–Trinajstić information content (AvgIpc) is 3.86. The number of benzene rings is 9. The zero-order valence-electron chi connectivity index (χ0n) is 33.8. The fraction of sp³-hybridized carbons (Fsp3) is 0. The van der Waals surface area contributed by atoms with Crippen LogP contribution < -0.4 is 4.90 Å². The number of nitrogens with zero attached hydrogens (tertiary/aromatic N) is 6. The summed E-state index contributed by atoms with van der Waals surface area (Å²) in [7, 11) is 0. The van der Waals surface area contributed by atoms with E-state index in [1.165, 1.54) is 11.1 Å². The third-order valence-corrected chi connectivity index (χ3v) is 12.0. The number of rotatable bonds is 7. The molecule has 9 aromatic carbocycles. The Morgan fingerprint density at radius 3 is 1.48 bits per heavy atom. The molecule has 63 heavy (non-hydrogen) atoms. The molecule has 292 valence electrons. The molecule has 0 spiro atoms. The van der Waals surface area contributed by atoms with E-state index in [9.17, 15) is 5.26 Å². The number of aromatic nitrogens is 2. The van der Waals surface area contributed by atoms with Crippen LogP contribution in [0.4, 0.5) is 28.4 Å². The largest absolute Gasteiger partial charge is 0.319 e. The summed E-state index contributed by atoms with van der Waals surface area (Å²) in [6, 6.07) is 73.2. The lowest BCUT2D eigenvalue weighted by Crippen LogP contribution is -2.10. The maximum atomic E-state index is 9.62. The van der Waals surface area contributed by atoms with Crippen molar-refractivity contribution in [3.05, 3.63) is 235 Å². The van der Waals surface area contributed by atoms with Gasteiger partial charge >= 0.3 is 0 Å². The predicted octanol–water partition coefficient (Wildman–Crippen LogP) is 15.7. The molecule has 0 amide bonds. The van der Waals surface area contributed by atoms with Gasteiger partial charge in [-0.15, -0.1) is 0 Å². The van der Waals surface area contributed by atoms with Gasteiger partial charge in [-0.3, -0.25) is 0 Å². The Hall–Kier alpha value is -9.15. The van der Waals surface area contributed by atoms with Gasteiger partial charge in [-0.1, -0.05) is 115 Å². The van der Waals surface area contributed by atoms with Gasteiger partial charge in [0.15, 0.2) is 5.69 Å². The summed E-state index contributed by atoms with van der Waals surface area (Å²) in [6.07, 6.45) is 0. The summed E-state index contributed by atoms with van der Waals surface area (Å²) in [6.45, 7) is 15.5. The fourth-order valence-electron chi connectivity index (χ4n) is 9.02. The minimum Gasteiger partial charge on any atom is -0.319 e. The average molecular weight is 803 g/mol. The van der Waals surface area contributed by atoms with E-state index >= 15 is 0 Å². The van der Waals surface area contributed by atoms with Gasteiger partial charge < -0.3 is 14.0 Å². The molecule has 11 aromatic rings. The van der Waals surface area contributed by atoms with E-state index in [1.807, 2.05) is 42.5 Å². The second-order valence-electron chi connectivity index (χ2n) is 15.5. The molecule has 0 aliphatic rings. The number of para-hydroxylation sites is 2. The fourth-order valence-corrected chi connectivity index (χ4v) is 9.02. The third kappa shape index (κ3) is 6.25. The van der Waals surface area contributed by atoms with Gasteiger partial charge in [-0.05, 0) is 113 Å². The predicted molar refractivity (Wildman–Crippen MR) is 258 cm³/mol. The van der Waals surface area contributed by atoms with Crippen LogP contribution in [0.3, 0.4) is 0 Å². The Morgan fingerprint density at radius 2 is 0.905 bits per heavy atom. The second-order valence-corrected chi connectivity index (χ2v) is 15.5. The van der Waals surface area contributed by atoms with Crippen molar-refractivity contribution in [2.75, 3.05) is 4.90 Å². The van der Waals surface area contributed by atoms with Crippen molar-refractivity contribution in [1.29, 1.82) is 5.26 Å². The van der Waals surface area contributed by atoms with Crippen LogP contribution in [0.25, 0.3) is 86.9 Å². The lowest BCUT2D eigenvalue weighted by Gasteiger charge is -2.26. The van der Waals surface area contributed by atoms with Gasteiger partial charge in [-0.2, -0.15) is 5.26 Å². The first-order chi connectivity index (χ1) is 31.1. The highest BCUT2D eigenvalue weighted by Crippen LogP contribution is 2.43. The number of hydrogen-bond donors (Lipinski definition) is 0. The maximum Gasteiger partial charge on any atom is 0.211 e. The van der Waals surface area contributed by atoms with Crippen LogP contribution in [0, 0.1) is 24.5 Å². The van der Waals surface area contributed by atoms with E-state index in [-0.39, 0.29) is 0 Å². The molecule has 6 nitrogen and oxygen atoms in total. The molecular weight excluding hydrogens is 769 g/mol. The van der Waals surface area contributed by atoms with Crippen LogP contribution >= 0.6 is 0 Å². The van der Waals surface area contributed by atoms with E-state index in [1.54, 1.807) is 12.1 Å². The minimum absolute atomic E-state index is 0.423. The molecule has 0 saturated carbocycles. The Labute approximate surface area is 364 Å². The lowest BCUT2D eigenvalue weighted by atomic mass is 10.00. The zero-order chi connectivity index (χ0) is 42.4. The smallest absolute Gasteiger partial charge is 0.211 e. The van der Waals surface area contributed by atoms with Gasteiger partial charge in [0.25, 0.3) is 0 Å². The van der Waals surface area contributed by atoms with Crippen molar-refractivity contribution in [2.45, 2.75) is 0 Å². The van der Waals surface area contributed by atoms with Gasteiger partial charge in [0, 0.05) is 49.9 Å². The molecule has 2 heterocycles. The summed E-state index contributed by atoms with van der Waals surface area (Å²) < 4.78 is 4.41. The molecular formula is C57H34N6. The first-order valence-electron chi connectivity index (χ1n) is 20.6. The van der Waals surface area contributed by atoms with Crippen LogP contribution in [0.2, 0.25) is 0 Å². The molecule has 11 rings (SSSR count). The van der Waals surface area contributed by atoms with E-state index in [4.69, 9.17) is 13.1 Å². The van der Waals surface area contributed by atoms with Gasteiger partial charge in [-0.25, -0.2) is 9.69 Å². The SMILES string of the molecule is [C-]#[N+]c1ccc(-n2c3ccccc3c3cc(N(c4ccc(-c5ccc(-c6ccccc6)cc5)cc4)c4ccc5c(c4)c4ccccc4n5-c4ccc(C#N)cc4[N+]#[C-])ccc32)cc1. The molecule has 0 aliphatic heterocycles. The first-order valence-corrected chi connectivity index (χ1v) is 20.6. The van der Waals surface area contributed by atoms with E-state index in [0.29, 0.717) is 16.9 Å². The Balaban J connectivity index is 1.09. The van der Waals surface area contributed by atoms with Crippen LogP contribution in [0.5, 0.6) is 0 Å². The van der Waals surface area contributed by atoms with Crippen LogP contribution in [0.1, 0.15) is 5.56 Å². The molecule has 2 aromatic heterocycles. The summed E-state index contributed by atoms with van der Waals surface area (Å²) in [5, 5.41) is 14.0. The van der Waals surface area contributed by atoms with Crippen LogP contribution in [-0.2, 0) is 0 Å². The summed E-state index contributed by atoms with van der Waals surface area (Å²) in [5.41, 5.74) is 14.9.